The van der Waals surface area contributed by atoms with Crippen molar-refractivity contribution in [1.82, 2.24) is 0 Å². The molecule has 0 rings (SSSR count). The number of hydrogen-bond acceptors (Lipinski definition) is 1. The van der Waals surface area contributed by atoms with Crippen molar-refractivity contribution in [2.75, 3.05) is 0 Å². The van der Waals surface area contributed by atoms with Gasteiger partial charge in [0.25, 0.3) is 0 Å². The number of carbonyl (C=O) groups is 1. The molecule has 0 saturated carbocycles. The lowest BCUT2D eigenvalue weighted by atomic mass is 10.5. The SMILES string of the molecule is CCC[Si](C=CC(=O)O)(CCC)CCC. The molecule has 1 N–H and O–H groups in total. The normalized spacial score (nSPS) is 12.2. The van der Waals surface area contributed by atoms with Gasteiger partial charge in [-0.1, -0.05) is 63.9 Å². The molecule has 0 saturated heterocycles. The van der Waals surface area contributed by atoms with Crippen LogP contribution in [0.25, 0.3) is 0 Å². The van der Waals surface area contributed by atoms with Crippen molar-refractivity contribution in [1.29, 1.82) is 0 Å². The van der Waals surface area contributed by atoms with Crippen molar-refractivity contribution in [3.8, 4) is 0 Å². The summed E-state index contributed by atoms with van der Waals surface area (Å²) in [6.45, 7) is 6.59. The summed E-state index contributed by atoms with van der Waals surface area (Å²) in [5, 5.41) is 8.72. The molecule has 0 radical (unpaired) electrons. The molecule has 3 heteroatoms. The van der Waals surface area contributed by atoms with Crippen LogP contribution in [0.4, 0.5) is 0 Å². The van der Waals surface area contributed by atoms with Gasteiger partial charge in [0, 0.05) is 6.08 Å². The number of aliphatic carboxylic acids is 1. The van der Waals surface area contributed by atoms with E-state index in [4.69, 9.17) is 5.11 Å². The quantitative estimate of drug-likeness (QED) is 0.506. The van der Waals surface area contributed by atoms with Gasteiger partial charge >= 0.3 is 5.97 Å². The van der Waals surface area contributed by atoms with Crippen LogP contribution in [0.15, 0.2) is 11.8 Å². The summed E-state index contributed by atoms with van der Waals surface area (Å²) in [6.07, 6.45) is 4.91. The van der Waals surface area contributed by atoms with Crippen molar-refractivity contribution in [2.45, 2.75) is 58.2 Å². The Hall–Kier alpha value is -0.573. The second kappa shape index (κ2) is 7.68. The zero-order chi connectivity index (χ0) is 11.7. The van der Waals surface area contributed by atoms with Gasteiger partial charge in [-0.3, -0.25) is 0 Å². The molecule has 0 aromatic heterocycles. The average Bonchev–Trinajstić information content (AvgIpc) is 2.16. The minimum atomic E-state index is -1.42. The molecule has 0 spiro atoms. The monoisotopic (exact) mass is 228 g/mol. The first-order valence-corrected chi connectivity index (χ1v) is 8.72. The molecule has 15 heavy (non-hydrogen) atoms. The molecule has 88 valence electrons. The van der Waals surface area contributed by atoms with E-state index in [9.17, 15) is 4.79 Å². The van der Waals surface area contributed by atoms with Gasteiger partial charge in [-0.2, -0.15) is 0 Å². The first kappa shape index (κ1) is 14.4. The van der Waals surface area contributed by atoms with Crippen molar-refractivity contribution in [3.05, 3.63) is 11.8 Å². The Morgan fingerprint density at radius 3 is 1.73 bits per heavy atom. The summed E-state index contributed by atoms with van der Waals surface area (Å²) >= 11 is 0. The van der Waals surface area contributed by atoms with E-state index in [0.717, 1.165) is 0 Å². The summed E-state index contributed by atoms with van der Waals surface area (Å²) in [6, 6.07) is 3.70. The number of hydrogen-bond donors (Lipinski definition) is 1. The highest BCUT2D eigenvalue weighted by molar-refractivity contribution is 6.84. The average molecular weight is 228 g/mol. The van der Waals surface area contributed by atoms with Crippen LogP contribution in [-0.4, -0.2) is 19.1 Å². The summed E-state index contributed by atoms with van der Waals surface area (Å²) in [7, 11) is -1.42. The standard InChI is InChI=1S/C12H24O2Si/c1-4-8-15(9-5-2,10-6-3)11-7-12(13)14/h7,11H,4-6,8-10H2,1-3H3,(H,13,14). The Balaban J connectivity index is 4.66. The topological polar surface area (TPSA) is 37.3 Å². The van der Waals surface area contributed by atoms with Gasteiger partial charge in [0.2, 0.25) is 0 Å². The summed E-state index contributed by atoms with van der Waals surface area (Å²) in [5.74, 6) is -0.796. The first-order valence-electron chi connectivity index (χ1n) is 6.02. The third-order valence-corrected chi connectivity index (χ3v) is 8.18. The second-order valence-electron chi connectivity index (χ2n) is 4.28. The van der Waals surface area contributed by atoms with Gasteiger partial charge in [-0.05, 0) is 0 Å². The Labute approximate surface area is 94.4 Å². The van der Waals surface area contributed by atoms with E-state index in [1.807, 2.05) is 0 Å². The molecule has 0 aliphatic carbocycles. The summed E-state index contributed by atoms with van der Waals surface area (Å²) in [5.41, 5.74) is 2.06. The van der Waals surface area contributed by atoms with E-state index >= 15 is 0 Å². The highest BCUT2D eigenvalue weighted by Gasteiger charge is 2.26. The summed E-state index contributed by atoms with van der Waals surface area (Å²) < 4.78 is 0. The third-order valence-electron chi connectivity index (χ3n) is 2.82. The van der Waals surface area contributed by atoms with Crippen LogP contribution in [0.2, 0.25) is 18.1 Å². The maximum atomic E-state index is 10.6. The Morgan fingerprint density at radius 1 is 1.07 bits per heavy atom. The maximum Gasteiger partial charge on any atom is 0.327 e. The largest absolute Gasteiger partial charge is 0.478 e. The summed E-state index contributed by atoms with van der Waals surface area (Å²) in [4.78, 5) is 10.6. The molecule has 0 heterocycles. The van der Waals surface area contributed by atoms with Crippen molar-refractivity contribution >= 4 is 14.0 Å². The number of rotatable bonds is 8. The van der Waals surface area contributed by atoms with Gasteiger partial charge in [-0.15, -0.1) is 0 Å². The van der Waals surface area contributed by atoms with Crippen LogP contribution < -0.4 is 0 Å². The molecule has 0 unspecified atom stereocenters. The number of carboxylic acid groups (broad SMARTS) is 1. The molecule has 0 amide bonds. The first-order chi connectivity index (χ1) is 7.10. The van der Waals surface area contributed by atoms with E-state index in [1.54, 1.807) is 0 Å². The molecule has 0 aliphatic heterocycles. The van der Waals surface area contributed by atoms with Crippen LogP contribution in [0.5, 0.6) is 0 Å². The highest BCUT2D eigenvalue weighted by Crippen LogP contribution is 2.27. The van der Waals surface area contributed by atoms with Crippen LogP contribution in [-0.2, 0) is 4.79 Å². The van der Waals surface area contributed by atoms with E-state index in [1.165, 1.54) is 43.5 Å². The molecule has 0 atom stereocenters. The van der Waals surface area contributed by atoms with Gasteiger partial charge in [0.1, 0.15) is 0 Å². The van der Waals surface area contributed by atoms with E-state index in [2.05, 4.69) is 26.5 Å². The fraction of sp³-hybridized carbons (Fsp3) is 0.750. The molecule has 0 aromatic carbocycles. The fourth-order valence-electron chi connectivity index (χ4n) is 2.37. The highest BCUT2D eigenvalue weighted by atomic mass is 28.3. The lowest BCUT2D eigenvalue weighted by Crippen LogP contribution is -2.31. The molecule has 0 aromatic rings. The Bertz CT molecular complexity index is 195. The van der Waals surface area contributed by atoms with E-state index in [0.29, 0.717) is 0 Å². The van der Waals surface area contributed by atoms with Crippen LogP contribution in [0.1, 0.15) is 40.0 Å². The molecule has 0 aliphatic rings. The predicted molar refractivity (Wildman–Crippen MR) is 67.8 cm³/mol. The molecular formula is C12H24O2Si. The second-order valence-corrected chi connectivity index (χ2v) is 8.84. The Kier molecular flexibility index (Phi) is 7.39. The lowest BCUT2D eigenvalue weighted by molar-refractivity contribution is -0.131. The minimum Gasteiger partial charge on any atom is -0.478 e. The third kappa shape index (κ3) is 5.77. The van der Waals surface area contributed by atoms with Crippen molar-refractivity contribution in [3.63, 3.8) is 0 Å². The smallest absolute Gasteiger partial charge is 0.327 e. The molecule has 0 bridgehead atoms. The van der Waals surface area contributed by atoms with Crippen LogP contribution in [0, 0.1) is 0 Å². The minimum absolute atomic E-state index is 0.796. The van der Waals surface area contributed by atoms with Crippen LogP contribution >= 0.6 is 0 Å². The molecule has 0 fully saturated rings. The zero-order valence-electron chi connectivity index (χ0n) is 10.3. The van der Waals surface area contributed by atoms with Gasteiger partial charge in [-0.25, -0.2) is 4.79 Å². The van der Waals surface area contributed by atoms with Gasteiger partial charge in [0.05, 0.1) is 8.07 Å². The maximum absolute atomic E-state index is 10.6. The molecule has 2 nitrogen and oxygen atoms in total. The Morgan fingerprint density at radius 2 is 1.47 bits per heavy atom. The van der Waals surface area contributed by atoms with Crippen molar-refractivity contribution < 1.29 is 9.90 Å². The number of carboxylic acids is 1. The fourth-order valence-corrected chi connectivity index (χ4v) is 7.10. The van der Waals surface area contributed by atoms with Gasteiger partial charge < -0.3 is 5.11 Å². The van der Waals surface area contributed by atoms with E-state index < -0.39 is 14.0 Å². The van der Waals surface area contributed by atoms with Gasteiger partial charge in [0.15, 0.2) is 0 Å². The zero-order valence-corrected chi connectivity index (χ0v) is 11.3. The van der Waals surface area contributed by atoms with Crippen molar-refractivity contribution in [2.24, 2.45) is 0 Å². The lowest BCUT2D eigenvalue weighted by Gasteiger charge is -2.27. The van der Waals surface area contributed by atoms with Crippen LogP contribution in [0.3, 0.4) is 0 Å². The molecular weight excluding hydrogens is 204 g/mol. The predicted octanol–water partition coefficient (Wildman–Crippen LogP) is 3.85. The van der Waals surface area contributed by atoms with E-state index in [-0.39, 0.29) is 0 Å².